The topological polar surface area (TPSA) is 23.5 Å². The van der Waals surface area contributed by atoms with Crippen LogP contribution in [-0.4, -0.2) is 30.7 Å². The molecule has 0 aliphatic rings. The van der Waals surface area contributed by atoms with Gasteiger partial charge in [-0.25, -0.2) is 0 Å². The maximum atomic E-state index is 9.02. The number of hydrogen-bond donors (Lipinski definition) is 1. The highest BCUT2D eigenvalue weighted by Crippen LogP contribution is 2.25. The molecule has 0 radical (unpaired) electrons. The molecule has 1 rings (SSSR count). The molecule has 0 saturated heterocycles. The number of hydrogen-bond acceptors (Lipinski definition) is 2. The number of halogens is 1. The molecule has 1 aromatic carbocycles. The van der Waals surface area contributed by atoms with E-state index >= 15 is 0 Å². The molecule has 0 aliphatic carbocycles. The van der Waals surface area contributed by atoms with E-state index in [1.807, 2.05) is 33.2 Å². The standard InChI is InChI=1S/C12H18ClNO/c1-9-8-10(4-5-11(9)13)12(6-7-15)14(2)3/h4-5,8,12,15H,6-7H2,1-3H3. The number of aryl methyl sites for hydroxylation is 1. The zero-order chi connectivity index (χ0) is 11.4. The fourth-order valence-corrected chi connectivity index (χ4v) is 1.84. The van der Waals surface area contributed by atoms with Crippen molar-refractivity contribution in [2.75, 3.05) is 20.7 Å². The quantitative estimate of drug-likeness (QED) is 0.855. The van der Waals surface area contributed by atoms with Crippen LogP contribution in [0.5, 0.6) is 0 Å². The summed E-state index contributed by atoms with van der Waals surface area (Å²) >= 11 is 5.98. The van der Waals surface area contributed by atoms with Gasteiger partial charge >= 0.3 is 0 Å². The molecule has 0 heterocycles. The molecular weight excluding hydrogens is 210 g/mol. The van der Waals surface area contributed by atoms with E-state index < -0.39 is 0 Å². The largest absolute Gasteiger partial charge is 0.396 e. The van der Waals surface area contributed by atoms with Gasteiger partial charge in [-0.1, -0.05) is 23.7 Å². The maximum Gasteiger partial charge on any atom is 0.0449 e. The van der Waals surface area contributed by atoms with Crippen LogP contribution in [0.1, 0.15) is 23.6 Å². The maximum absolute atomic E-state index is 9.02. The van der Waals surface area contributed by atoms with Crippen molar-refractivity contribution in [2.45, 2.75) is 19.4 Å². The van der Waals surface area contributed by atoms with E-state index in [9.17, 15) is 0 Å². The van der Waals surface area contributed by atoms with Crippen molar-refractivity contribution >= 4 is 11.6 Å². The Bertz CT molecular complexity index is 325. The average Bonchev–Trinajstić information content (AvgIpc) is 2.18. The molecule has 1 N–H and O–H groups in total. The van der Waals surface area contributed by atoms with Crippen molar-refractivity contribution in [3.8, 4) is 0 Å². The lowest BCUT2D eigenvalue weighted by Crippen LogP contribution is -2.21. The minimum atomic E-state index is 0.199. The van der Waals surface area contributed by atoms with E-state index in [1.165, 1.54) is 5.56 Å². The predicted octanol–water partition coefficient (Wildman–Crippen LogP) is 2.63. The Morgan fingerprint density at radius 1 is 1.40 bits per heavy atom. The molecule has 0 aromatic heterocycles. The minimum Gasteiger partial charge on any atom is -0.396 e. The van der Waals surface area contributed by atoms with E-state index in [0.717, 1.165) is 17.0 Å². The van der Waals surface area contributed by atoms with Crippen LogP contribution in [0, 0.1) is 6.92 Å². The lowest BCUT2D eigenvalue weighted by molar-refractivity contribution is 0.211. The second-order valence-electron chi connectivity index (χ2n) is 4.00. The van der Waals surface area contributed by atoms with Crippen molar-refractivity contribution in [3.05, 3.63) is 34.3 Å². The molecule has 2 nitrogen and oxygen atoms in total. The highest BCUT2D eigenvalue weighted by Gasteiger charge is 2.13. The molecular formula is C12H18ClNO. The molecule has 84 valence electrons. The molecule has 1 atom stereocenters. The van der Waals surface area contributed by atoms with E-state index in [4.69, 9.17) is 16.7 Å². The van der Waals surface area contributed by atoms with Gasteiger partial charge in [0.15, 0.2) is 0 Å². The summed E-state index contributed by atoms with van der Waals surface area (Å²) in [5, 5.41) is 9.81. The second kappa shape index (κ2) is 5.50. The van der Waals surface area contributed by atoms with Crippen LogP contribution >= 0.6 is 11.6 Å². The summed E-state index contributed by atoms with van der Waals surface area (Å²) in [7, 11) is 4.04. The summed E-state index contributed by atoms with van der Waals surface area (Å²) in [6.45, 7) is 2.20. The SMILES string of the molecule is Cc1cc(C(CCO)N(C)C)ccc1Cl. The van der Waals surface area contributed by atoms with Crippen molar-refractivity contribution in [1.82, 2.24) is 4.90 Å². The van der Waals surface area contributed by atoms with Gasteiger partial charge in [0.2, 0.25) is 0 Å². The van der Waals surface area contributed by atoms with Gasteiger partial charge in [-0.05, 0) is 44.6 Å². The number of benzene rings is 1. The molecule has 1 unspecified atom stereocenters. The summed E-state index contributed by atoms with van der Waals surface area (Å²) in [5.41, 5.74) is 2.29. The number of rotatable bonds is 4. The third-order valence-corrected chi connectivity index (χ3v) is 3.02. The van der Waals surface area contributed by atoms with Crippen LogP contribution in [-0.2, 0) is 0 Å². The molecule has 0 amide bonds. The van der Waals surface area contributed by atoms with Gasteiger partial charge in [0.25, 0.3) is 0 Å². The summed E-state index contributed by atoms with van der Waals surface area (Å²) in [5.74, 6) is 0. The summed E-state index contributed by atoms with van der Waals surface area (Å²) in [6, 6.07) is 6.28. The van der Waals surface area contributed by atoms with Crippen molar-refractivity contribution in [3.63, 3.8) is 0 Å². The fraction of sp³-hybridized carbons (Fsp3) is 0.500. The third-order valence-electron chi connectivity index (χ3n) is 2.59. The van der Waals surface area contributed by atoms with E-state index in [2.05, 4.69) is 11.0 Å². The molecule has 15 heavy (non-hydrogen) atoms. The van der Waals surface area contributed by atoms with Crippen LogP contribution < -0.4 is 0 Å². The summed E-state index contributed by atoms with van der Waals surface area (Å²) in [4.78, 5) is 2.11. The Morgan fingerprint density at radius 3 is 2.53 bits per heavy atom. The minimum absolute atomic E-state index is 0.199. The van der Waals surface area contributed by atoms with Gasteiger partial charge in [-0.15, -0.1) is 0 Å². The van der Waals surface area contributed by atoms with E-state index in [1.54, 1.807) is 0 Å². The van der Waals surface area contributed by atoms with Crippen LogP contribution in [0.3, 0.4) is 0 Å². The molecule has 0 fully saturated rings. The summed E-state index contributed by atoms with van der Waals surface area (Å²) in [6.07, 6.45) is 0.744. The van der Waals surface area contributed by atoms with E-state index in [0.29, 0.717) is 0 Å². The average molecular weight is 228 g/mol. The van der Waals surface area contributed by atoms with Crippen LogP contribution in [0.2, 0.25) is 5.02 Å². The van der Waals surface area contributed by atoms with E-state index in [-0.39, 0.29) is 12.6 Å². The molecule has 0 bridgehead atoms. The zero-order valence-electron chi connectivity index (χ0n) is 9.50. The molecule has 0 saturated carbocycles. The molecule has 3 heteroatoms. The van der Waals surface area contributed by atoms with Crippen molar-refractivity contribution in [2.24, 2.45) is 0 Å². The zero-order valence-corrected chi connectivity index (χ0v) is 10.3. The Kier molecular flexibility index (Phi) is 4.58. The molecule has 0 aliphatic heterocycles. The van der Waals surface area contributed by atoms with Gasteiger partial charge in [0.05, 0.1) is 0 Å². The van der Waals surface area contributed by atoms with Gasteiger partial charge in [-0.2, -0.15) is 0 Å². The van der Waals surface area contributed by atoms with Crippen molar-refractivity contribution < 1.29 is 5.11 Å². The number of aliphatic hydroxyl groups excluding tert-OH is 1. The Balaban J connectivity index is 2.95. The van der Waals surface area contributed by atoms with Gasteiger partial charge in [0, 0.05) is 17.7 Å². The Hall–Kier alpha value is -0.570. The first-order chi connectivity index (χ1) is 7.06. The number of nitrogens with zero attached hydrogens (tertiary/aromatic N) is 1. The smallest absolute Gasteiger partial charge is 0.0449 e. The molecule has 0 spiro atoms. The first kappa shape index (κ1) is 12.5. The lowest BCUT2D eigenvalue weighted by atomic mass is 10.0. The first-order valence-corrected chi connectivity index (χ1v) is 5.47. The van der Waals surface area contributed by atoms with Crippen LogP contribution in [0.15, 0.2) is 18.2 Å². The normalized spacial score (nSPS) is 13.2. The highest BCUT2D eigenvalue weighted by molar-refractivity contribution is 6.31. The molecule has 1 aromatic rings. The van der Waals surface area contributed by atoms with Crippen LogP contribution in [0.4, 0.5) is 0 Å². The third kappa shape index (κ3) is 3.20. The second-order valence-corrected chi connectivity index (χ2v) is 4.41. The lowest BCUT2D eigenvalue weighted by Gasteiger charge is -2.24. The highest BCUT2D eigenvalue weighted by atomic mass is 35.5. The summed E-state index contributed by atoms with van der Waals surface area (Å²) < 4.78 is 0. The van der Waals surface area contributed by atoms with Gasteiger partial charge in [-0.3, -0.25) is 0 Å². The Labute approximate surface area is 96.5 Å². The first-order valence-electron chi connectivity index (χ1n) is 5.09. The monoisotopic (exact) mass is 227 g/mol. The van der Waals surface area contributed by atoms with Gasteiger partial charge in [0.1, 0.15) is 0 Å². The van der Waals surface area contributed by atoms with Crippen LogP contribution in [0.25, 0.3) is 0 Å². The Morgan fingerprint density at radius 2 is 2.07 bits per heavy atom. The predicted molar refractivity (Wildman–Crippen MR) is 64.3 cm³/mol. The fourth-order valence-electron chi connectivity index (χ4n) is 1.72. The van der Waals surface area contributed by atoms with Gasteiger partial charge < -0.3 is 10.0 Å². The number of aliphatic hydroxyl groups is 1. The van der Waals surface area contributed by atoms with Crippen molar-refractivity contribution in [1.29, 1.82) is 0 Å².